The minimum atomic E-state index is -0.720. The average molecular weight is 302 g/mol. The lowest BCUT2D eigenvalue weighted by Gasteiger charge is -2.24. The van der Waals surface area contributed by atoms with Crippen molar-refractivity contribution in [3.8, 4) is 0 Å². The molecule has 1 aromatic heterocycles. The Morgan fingerprint density at radius 2 is 2.19 bits per heavy atom. The van der Waals surface area contributed by atoms with Crippen LogP contribution in [-0.2, 0) is 18.6 Å². The van der Waals surface area contributed by atoms with Gasteiger partial charge in [-0.25, -0.2) is 4.98 Å². The van der Waals surface area contributed by atoms with Gasteiger partial charge < -0.3 is 10.4 Å². The zero-order valence-electron chi connectivity index (χ0n) is 12.6. The Hall–Kier alpha value is -1.23. The summed E-state index contributed by atoms with van der Waals surface area (Å²) in [5, 5.41) is 15.4. The maximum Gasteiger partial charge on any atom is 0.103 e. The Labute approximate surface area is 130 Å². The summed E-state index contributed by atoms with van der Waals surface area (Å²) in [5.41, 5.74) is 1.65. The highest BCUT2D eigenvalue weighted by atomic mass is 32.1. The number of thiazole rings is 1. The highest BCUT2D eigenvalue weighted by Crippen LogP contribution is 2.36. The molecule has 0 radical (unpaired) electrons. The molecule has 4 heteroatoms. The predicted molar refractivity (Wildman–Crippen MR) is 86.6 cm³/mol. The second kappa shape index (κ2) is 5.87. The third-order valence-electron chi connectivity index (χ3n) is 4.11. The number of hydrogen-bond acceptors (Lipinski definition) is 4. The largest absolute Gasteiger partial charge is 0.384 e. The van der Waals surface area contributed by atoms with Gasteiger partial charge in [0.25, 0.3) is 0 Å². The van der Waals surface area contributed by atoms with Crippen molar-refractivity contribution in [3.63, 3.8) is 0 Å². The van der Waals surface area contributed by atoms with Gasteiger partial charge in [-0.15, -0.1) is 11.3 Å². The molecule has 0 bridgehead atoms. The zero-order chi connectivity index (χ0) is 14.9. The number of nitrogens with one attached hydrogen (secondary N) is 1. The molecule has 112 valence electrons. The van der Waals surface area contributed by atoms with Crippen LogP contribution in [0, 0.1) is 0 Å². The molecule has 0 spiro atoms. The van der Waals surface area contributed by atoms with Crippen molar-refractivity contribution < 1.29 is 5.11 Å². The molecule has 1 heterocycles. The van der Waals surface area contributed by atoms with Gasteiger partial charge in [0.2, 0.25) is 0 Å². The molecule has 1 aliphatic carbocycles. The Morgan fingerprint density at radius 1 is 1.38 bits per heavy atom. The molecule has 1 unspecified atom stereocenters. The third-order valence-corrected chi connectivity index (χ3v) is 5.41. The van der Waals surface area contributed by atoms with Crippen molar-refractivity contribution in [2.45, 2.75) is 44.8 Å². The number of aromatic nitrogens is 1. The molecule has 0 aliphatic heterocycles. The molecule has 2 aromatic rings. The number of benzene rings is 1. The minimum Gasteiger partial charge on any atom is -0.384 e. The van der Waals surface area contributed by atoms with E-state index < -0.39 is 5.60 Å². The highest BCUT2D eigenvalue weighted by Gasteiger charge is 2.35. The smallest absolute Gasteiger partial charge is 0.103 e. The SMILES string of the molecule is CC(C)c1ncc(CNCC2(O)CCc3ccccc32)s1. The van der Waals surface area contributed by atoms with Gasteiger partial charge in [0.15, 0.2) is 0 Å². The number of aliphatic hydroxyl groups is 1. The normalized spacial score (nSPS) is 21.0. The molecular formula is C17H22N2OS. The molecule has 0 saturated carbocycles. The van der Waals surface area contributed by atoms with Crippen LogP contribution in [0.4, 0.5) is 0 Å². The third kappa shape index (κ3) is 3.03. The highest BCUT2D eigenvalue weighted by molar-refractivity contribution is 7.11. The van der Waals surface area contributed by atoms with E-state index in [-0.39, 0.29) is 0 Å². The second-order valence-corrected chi connectivity index (χ2v) is 7.26. The number of fused-ring (bicyclic) bond motifs is 1. The van der Waals surface area contributed by atoms with E-state index in [2.05, 4.69) is 30.2 Å². The predicted octanol–water partition coefficient (Wildman–Crippen LogP) is 3.19. The van der Waals surface area contributed by atoms with E-state index >= 15 is 0 Å². The quantitative estimate of drug-likeness (QED) is 0.891. The zero-order valence-corrected chi connectivity index (χ0v) is 13.4. The van der Waals surface area contributed by atoms with Crippen LogP contribution in [0.5, 0.6) is 0 Å². The molecule has 1 atom stereocenters. The van der Waals surface area contributed by atoms with E-state index in [0.717, 1.165) is 24.9 Å². The lowest BCUT2D eigenvalue weighted by atomic mass is 9.96. The van der Waals surface area contributed by atoms with Gasteiger partial charge >= 0.3 is 0 Å². The van der Waals surface area contributed by atoms with Crippen molar-refractivity contribution in [3.05, 3.63) is 51.5 Å². The maximum atomic E-state index is 10.8. The second-order valence-electron chi connectivity index (χ2n) is 6.11. The summed E-state index contributed by atoms with van der Waals surface area (Å²) in [7, 11) is 0. The lowest BCUT2D eigenvalue weighted by Crippen LogP contribution is -2.35. The van der Waals surface area contributed by atoms with Crippen LogP contribution in [0.15, 0.2) is 30.5 Å². The maximum absolute atomic E-state index is 10.8. The molecule has 3 nitrogen and oxygen atoms in total. The van der Waals surface area contributed by atoms with Crippen molar-refractivity contribution >= 4 is 11.3 Å². The molecule has 0 saturated heterocycles. The molecule has 2 N–H and O–H groups in total. The van der Waals surface area contributed by atoms with Crippen LogP contribution < -0.4 is 5.32 Å². The number of rotatable bonds is 5. The summed E-state index contributed by atoms with van der Waals surface area (Å²) in [6.07, 6.45) is 3.71. The van der Waals surface area contributed by atoms with Gasteiger partial charge in [0.05, 0.1) is 5.01 Å². The van der Waals surface area contributed by atoms with Crippen molar-refractivity contribution in [1.29, 1.82) is 0 Å². The van der Waals surface area contributed by atoms with Crippen LogP contribution in [-0.4, -0.2) is 16.6 Å². The van der Waals surface area contributed by atoms with E-state index in [1.807, 2.05) is 24.4 Å². The Kier molecular flexibility index (Phi) is 4.11. The van der Waals surface area contributed by atoms with Gasteiger partial charge in [-0.1, -0.05) is 38.1 Å². The fraction of sp³-hybridized carbons (Fsp3) is 0.471. The summed E-state index contributed by atoms with van der Waals surface area (Å²) in [4.78, 5) is 5.67. The van der Waals surface area contributed by atoms with Crippen LogP contribution in [0.1, 0.15) is 47.2 Å². The fourth-order valence-electron chi connectivity index (χ4n) is 2.92. The number of nitrogens with zero attached hydrogens (tertiary/aromatic N) is 1. The molecule has 21 heavy (non-hydrogen) atoms. The van der Waals surface area contributed by atoms with Gasteiger partial charge in [-0.05, 0) is 24.0 Å². The summed E-state index contributed by atoms with van der Waals surface area (Å²) >= 11 is 1.75. The molecular weight excluding hydrogens is 280 g/mol. The van der Waals surface area contributed by atoms with Gasteiger partial charge in [0, 0.05) is 30.1 Å². The van der Waals surface area contributed by atoms with E-state index in [9.17, 15) is 5.11 Å². The van der Waals surface area contributed by atoms with Gasteiger partial charge in [0.1, 0.15) is 5.60 Å². The van der Waals surface area contributed by atoms with Crippen molar-refractivity contribution in [2.75, 3.05) is 6.54 Å². The molecule has 3 rings (SSSR count). The standard InChI is InChI=1S/C17H22N2OS/c1-12(2)16-19-10-14(21-16)9-18-11-17(20)8-7-13-5-3-4-6-15(13)17/h3-6,10,12,18,20H,7-9,11H2,1-2H3. The lowest BCUT2D eigenvalue weighted by molar-refractivity contribution is 0.0385. The molecule has 0 amide bonds. The molecule has 1 aromatic carbocycles. The van der Waals surface area contributed by atoms with Gasteiger partial charge in [-0.2, -0.15) is 0 Å². The van der Waals surface area contributed by atoms with E-state index in [1.165, 1.54) is 15.4 Å². The Balaban J connectivity index is 1.60. The fourth-order valence-corrected chi connectivity index (χ4v) is 3.81. The van der Waals surface area contributed by atoms with Crippen LogP contribution >= 0.6 is 11.3 Å². The van der Waals surface area contributed by atoms with Crippen molar-refractivity contribution in [2.24, 2.45) is 0 Å². The first-order chi connectivity index (χ1) is 10.1. The van der Waals surface area contributed by atoms with Crippen LogP contribution in [0.2, 0.25) is 0 Å². The Morgan fingerprint density at radius 3 is 2.95 bits per heavy atom. The number of aryl methyl sites for hydroxylation is 1. The molecule has 1 aliphatic rings. The monoisotopic (exact) mass is 302 g/mol. The first kappa shape index (κ1) is 14.7. The summed E-state index contributed by atoms with van der Waals surface area (Å²) in [6, 6.07) is 8.22. The number of hydrogen-bond donors (Lipinski definition) is 2. The minimum absolute atomic E-state index is 0.481. The molecule has 0 fully saturated rings. The first-order valence-electron chi connectivity index (χ1n) is 7.54. The average Bonchev–Trinajstić information content (AvgIpc) is 3.06. The first-order valence-corrected chi connectivity index (χ1v) is 8.36. The topological polar surface area (TPSA) is 45.2 Å². The van der Waals surface area contributed by atoms with E-state index in [0.29, 0.717) is 12.5 Å². The van der Waals surface area contributed by atoms with Gasteiger partial charge in [-0.3, -0.25) is 0 Å². The summed E-state index contributed by atoms with van der Waals surface area (Å²) in [5.74, 6) is 0.481. The Bertz CT molecular complexity index is 623. The summed E-state index contributed by atoms with van der Waals surface area (Å²) < 4.78 is 0. The van der Waals surface area contributed by atoms with Crippen LogP contribution in [0.3, 0.4) is 0 Å². The van der Waals surface area contributed by atoms with E-state index in [4.69, 9.17) is 0 Å². The summed E-state index contributed by atoms with van der Waals surface area (Å²) in [6.45, 7) is 5.69. The van der Waals surface area contributed by atoms with Crippen molar-refractivity contribution in [1.82, 2.24) is 10.3 Å². The van der Waals surface area contributed by atoms with Crippen LogP contribution in [0.25, 0.3) is 0 Å². The van der Waals surface area contributed by atoms with E-state index in [1.54, 1.807) is 11.3 Å².